The first-order chi connectivity index (χ1) is 35.5. The first kappa shape index (κ1) is 67.5. The Balaban J connectivity index is 4.62. The molecule has 0 fully saturated rings. The summed E-state index contributed by atoms with van der Waals surface area (Å²) in [4.78, 5) is 38.1. The van der Waals surface area contributed by atoms with Gasteiger partial charge in [-0.05, 0) is 116 Å². The largest absolute Gasteiger partial charge is 0.462 e. The molecule has 0 aliphatic carbocycles. The molecule has 0 rings (SSSR count). The van der Waals surface area contributed by atoms with Gasteiger partial charge in [-0.1, -0.05) is 244 Å². The summed E-state index contributed by atoms with van der Waals surface area (Å²) in [6.45, 7) is 6.39. The summed E-state index contributed by atoms with van der Waals surface area (Å²) >= 11 is 0. The molecule has 6 nitrogen and oxygen atoms in total. The van der Waals surface area contributed by atoms with E-state index in [1.165, 1.54) is 89.9 Å². The quantitative estimate of drug-likeness (QED) is 0.0199. The fourth-order valence-electron chi connectivity index (χ4n) is 7.53. The molecule has 0 heterocycles. The minimum Gasteiger partial charge on any atom is -0.462 e. The van der Waals surface area contributed by atoms with Crippen molar-refractivity contribution in [3.8, 4) is 0 Å². The summed E-state index contributed by atoms with van der Waals surface area (Å²) in [5.41, 5.74) is 0. The van der Waals surface area contributed by atoms with Gasteiger partial charge in [-0.3, -0.25) is 14.4 Å². The van der Waals surface area contributed by atoms with E-state index in [1.54, 1.807) is 0 Å². The zero-order valence-electron chi connectivity index (χ0n) is 46.4. The molecule has 0 radical (unpaired) electrons. The highest BCUT2D eigenvalue weighted by molar-refractivity contribution is 5.71. The molecule has 1 atom stereocenters. The van der Waals surface area contributed by atoms with E-state index in [1.807, 2.05) is 12.2 Å². The molecule has 0 spiro atoms. The maximum atomic E-state index is 12.9. The highest BCUT2D eigenvalue weighted by atomic mass is 16.6. The van der Waals surface area contributed by atoms with Crippen LogP contribution in [0.2, 0.25) is 0 Å². The maximum Gasteiger partial charge on any atom is 0.306 e. The zero-order valence-corrected chi connectivity index (χ0v) is 46.4. The number of hydrogen-bond donors (Lipinski definition) is 0. The Morgan fingerprint density at radius 1 is 0.306 bits per heavy atom. The molecule has 0 saturated carbocycles. The smallest absolute Gasteiger partial charge is 0.306 e. The fraction of sp³-hybridized carbons (Fsp3) is 0.621. The molecule has 406 valence electrons. The van der Waals surface area contributed by atoms with Crippen molar-refractivity contribution >= 4 is 17.9 Å². The molecule has 0 aliphatic heterocycles. The summed E-state index contributed by atoms with van der Waals surface area (Å²) in [5, 5.41) is 0. The lowest BCUT2D eigenvalue weighted by Crippen LogP contribution is -2.30. The van der Waals surface area contributed by atoms with E-state index in [0.717, 1.165) is 103 Å². The van der Waals surface area contributed by atoms with Crippen LogP contribution in [0.1, 0.15) is 245 Å². The summed E-state index contributed by atoms with van der Waals surface area (Å²) in [6, 6.07) is 0. The molecular weight excluding hydrogens is 889 g/mol. The average Bonchev–Trinajstić information content (AvgIpc) is 3.38. The van der Waals surface area contributed by atoms with E-state index in [9.17, 15) is 14.4 Å². The standard InChI is InChI=1S/C66H106O6/c1-4-7-10-13-16-19-22-25-28-31-33-36-38-41-44-47-50-53-56-59-65(68)71-62-63(61-70-64(67)58-55-52-49-46-43-40-37-34-30-27-24-21-18-15-12-9-6-3)72-66(69)60-57-54-51-48-45-42-39-35-32-29-26-23-20-17-14-11-8-5-2/h7,10,16,19,25,27-30,32-33,35-37,39-41,44,46,49-50,53,63H,4-6,8-9,11-15,17-18,20-24,26,31,34,38,42-43,45,47-48,51-52,54-62H2,1-3H3/b10-7-,19-16-,28-25-,30-27-,32-29-,36-33-,39-35-,40-37-,44-41-,49-46-,53-50-. The lowest BCUT2D eigenvalue weighted by Gasteiger charge is -2.18. The highest BCUT2D eigenvalue weighted by Gasteiger charge is 2.19. The van der Waals surface area contributed by atoms with Gasteiger partial charge in [-0.2, -0.15) is 0 Å². The van der Waals surface area contributed by atoms with E-state index >= 15 is 0 Å². The third kappa shape index (κ3) is 56.5. The Morgan fingerprint density at radius 3 is 1.06 bits per heavy atom. The molecule has 6 heteroatoms. The van der Waals surface area contributed by atoms with Crippen LogP contribution in [0.5, 0.6) is 0 Å². The van der Waals surface area contributed by atoms with Crippen LogP contribution in [-0.4, -0.2) is 37.2 Å². The van der Waals surface area contributed by atoms with Gasteiger partial charge in [0.15, 0.2) is 6.10 Å². The molecule has 0 amide bonds. The zero-order chi connectivity index (χ0) is 52.2. The second-order valence-corrected chi connectivity index (χ2v) is 18.8. The minimum absolute atomic E-state index is 0.138. The average molecular weight is 996 g/mol. The Bertz CT molecular complexity index is 1560. The van der Waals surface area contributed by atoms with E-state index in [4.69, 9.17) is 14.2 Å². The number of esters is 3. The lowest BCUT2D eigenvalue weighted by atomic mass is 10.1. The van der Waals surface area contributed by atoms with Gasteiger partial charge >= 0.3 is 17.9 Å². The van der Waals surface area contributed by atoms with Crippen molar-refractivity contribution in [2.24, 2.45) is 0 Å². The van der Waals surface area contributed by atoms with Crippen LogP contribution in [0.3, 0.4) is 0 Å². The molecular formula is C66H106O6. The van der Waals surface area contributed by atoms with E-state index in [0.29, 0.717) is 12.8 Å². The van der Waals surface area contributed by atoms with Crippen molar-refractivity contribution in [3.05, 3.63) is 134 Å². The van der Waals surface area contributed by atoms with E-state index in [-0.39, 0.29) is 50.4 Å². The van der Waals surface area contributed by atoms with Crippen LogP contribution in [0.15, 0.2) is 134 Å². The predicted octanol–water partition coefficient (Wildman–Crippen LogP) is 19.8. The van der Waals surface area contributed by atoms with Crippen molar-refractivity contribution < 1.29 is 28.6 Å². The number of rotatable bonds is 51. The molecule has 0 aromatic heterocycles. The van der Waals surface area contributed by atoms with Crippen LogP contribution in [0.4, 0.5) is 0 Å². The molecule has 1 unspecified atom stereocenters. The van der Waals surface area contributed by atoms with Crippen LogP contribution in [0, 0.1) is 0 Å². The molecule has 0 aromatic carbocycles. The van der Waals surface area contributed by atoms with Gasteiger partial charge in [0.1, 0.15) is 13.2 Å². The summed E-state index contributed by atoms with van der Waals surface area (Å²) in [7, 11) is 0. The van der Waals surface area contributed by atoms with Gasteiger partial charge in [0.25, 0.3) is 0 Å². The summed E-state index contributed by atoms with van der Waals surface area (Å²) < 4.78 is 16.7. The van der Waals surface area contributed by atoms with Crippen molar-refractivity contribution in [2.75, 3.05) is 13.2 Å². The van der Waals surface area contributed by atoms with Crippen LogP contribution in [0.25, 0.3) is 0 Å². The third-order valence-electron chi connectivity index (χ3n) is 11.9. The van der Waals surface area contributed by atoms with Gasteiger partial charge in [-0.15, -0.1) is 0 Å². The van der Waals surface area contributed by atoms with Gasteiger partial charge in [-0.25, -0.2) is 0 Å². The Morgan fingerprint density at radius 2 is 0.625 bits per heavy atom. The minimum atomic E-state index is -0.843. The van der Waals surface area contributed by atoms with Crippen molar-refractivity contribution in [2.45, 2.75) is 252 Å². The van der Waals surface area contributed by atoms with Gasteiger partial charge in [0, 0.05) is 19.3 Å². The Hall–Kier alpha value is -4.45. The third-order valence-corrected chi connectivity index (χ3v) is 11.9. The first-order valence-electron chi connectivity index (χ1n) is 29.2. The Kier molecular flexibility index (Phi) is 55.5. The van der Waals surface area contributed by atoms with Gasteiger partial charge in [0.2, 0.25) is 0 Å². The Labute approximate surface area is 443 Å². The second-order valence-electron chi connectivity index (χ2n) is 18.8. The fourth-order valence-corrected chi connectivity index (χ4v) is 7.53. The molecule has 0 bridgehead atoms. The topological polar surface area (TPSA) is 78.9 Å². The monoisotopic (exact) mass is 995 g/mol. The van der Waals surface area contributed by atoms with E-state index < -0.39 is 6.10 Å². The molecule has 0 aliphatic rings. The highest BCUT2D eigenvalue weighted by Crippen LogP contribution is 2.12. The van der Waals surface area contributed by atoms with Gasteiger partial charge in [0.05, 0.1) is 0 Å². The lowest BCUT2D eigenvalue weighted by molar-refractivity contribution is -0.166. The molecule has 72 heavy (non-hydrogen) atoms. The number of hydrogen-bond acceptors (Lipinski definition) is 6. The normalized spacial score (nSPS) is 13.1. The molecule has 0 aromatic rings. The van der Waals surface area contributed by atoms with Crippen LogP contribution < -0.4 is 0 Å². The molecule has 0 saturated heterocycles. The number of carbonyl (C=O) groups is 3. The SMILES string of the molecule is CC/C=C\C/C=C\C/C=C\C/C=C\C/C=C\C/C=C\CCC(=O)OCC(COC(=O)CCC/C=C\C/C=C\C/C=C\CCCCCCCC)OC(=O)CCCCCCC/C=C\C=C/CCCCCCCCC. The first-order valence-corrected chi connectivity index (χ1v) is 29.2. The number of carbonyl (C=O) groups excluding carboxylic acids is 3. The predicted molar refractivity (Wildman–Crippen MR) is 311 cm³/mol. The van der Waals surface area contributed by atoms with Gasteiger partial charge < -0.3 is 14.2 Å². The number of allylic oxidation sites excluding steroid dienone is 22. The van der Waals surface area contributed by atoms with Crippen LogP contribution >= 0.6 is 0 Å². The summed E-state index contributed by atoms with van der Waals surface area (Å²) in [6.07, 6.45) is 83.2. The number of ether oxygens (including phenoxy) is 3. The van der Waals surface area contributed by atoms with Crippen molar-refractivity contribution in [1.82, 2.24) is 0 Å². The number of unbranched alkanes of at least 4 members (excludes halogenated alkanes) is 19. The maximum absolute atomic E-state index is 12.9. The second kappa shape index (κ2) is 59.1. The van der Waals surface area contributed by atoms with E-state index in [2.05, 4.69) is 142 Å². The van der Waals surface area contributed by atoms with Crippen molar-refractivity contribution in [1.29, 1.82) is 0 Å². The summed E-state index contributed by atoms with van der Waals surface area (Å²) in [5.74, 6) is -1.09. The molecule has 0 N–H and O–H groups in total. The van der Waals surface area contributed by atoms with Crippen LogP contribution in [-0.2, 0) is 28.6 Å². The van der Waals surface area contributed by atoms with Crippen molar-refractivity contribution in [3.63, 3.8) is 0 Å².